The van der Waals surface area contributed by atoms with Gasteiger partial charge in [0.05, 0.1) is 0 Å². The molecule has 3 aromatic heterocycles. The van der Waals surface area contributed by atoms with Crippen molar-refractivity contribution >= 4 is 80.6 Å². The van der Waals surface area contributed by atoms with Crippen LogP contribution in [-0.2, 0) is 0 Å². The van der Waals surface area contributed by atoms with E-state index >= 15 is 0 Å². The molecule has 0 saturated heterocycles. The Morgan fingerprint density at radius 3 is 1.96 bits per heavy atom. The van der Waals surface area contributed by atoms with Gasteiger partial charge in [-0.2, -0.15) is 0 Å². The fourth-order valence-electron chi connectivity index (χ4n) is 10.9. The van der Waals surface area contributed by atoms with Crippen LogP contribution in [0.15, 0.2) is 217 Å². The van der Waals surface area contributed by atoms with E-state index in [4.69, 9.17) is 19.4 Å². The summed E-state index contributed by atoms with van der Waals surface area (Å²) in [5.41, 5.74) is 11.6. The van der Waals surface area contributed by atoms with Crippen LogP contribution in [-0.4, -0.2) is 15.0 Å². The third kappa shape index (κ3) is 6.45. The summed E-state index contributed by atoms with van der Waals surface area (Å²) in [5, 5.41) is 9.39. The van der Waals surface area contributed by atoms with Gasteiger partial charge in [-0.1, -0.05) is 164 Å². The van der Waals surface area contributed by atoms with Crippen LogP contribution in [0.2, 0.25) is 0 Å². The standard InChI is InChI=1S/C63H41N3OS/c1-2-14-42-34-44(29-24-38(42)12-1)61-64-62(45-30-33-58-55(36-45)51-19-8-10-23-57(51)68-58)66-63(65-61)46-35-43-15-4-6-18-49(43)54(37-46)52-32-31-50(60-59(52)53-20-7-9-22-56(53)67-60)41-27-25-40(26-28-41)48-21-11-16-39-13-3-5-17-47(39)48/h1-23,25-28,30-38,42H,24,29H2. The SMILES string of the molecule is C1=CC2C=C(c3nc(-c4cc(-c5ccc(-c6ccc(-c7cccc8ccccc78)cc6)c6oc7ccccc7c56)c5ccccc5c4)nc(-c4ccc5sc6ccccc6c5c4)n3)CCC2C=C1. The van der Waals surface area contributed by atoms with Crippen molar-refractivity contribution in [3.8, 4) is 56.2 Å². The molecule has 320 valence electrons. The highest BCUT2D eigenvalue weighted by Gasteiger charge is 2.26. The van der Waals surface area contributed by atoms with Gasteiger partial charge in [0.1, 0.15) is 11.2 Å². The van der Waals surface area contributed by atoms with Crippen molar-refractivity contribution in [3.63, 3.8) is 0 Å². The first-order valence-electron chi connectivity index (χ1n) is 23.5. The molecule has 2 unspecified atom stereocenters. The van der Waals surface area contributed by atoms with Crippen LogP contribution in [0.5, 0.6) is 0 Å². The van der Waals surface area contributed by atoms with Crippen molar-refractivity contribution in [1.29, 1.82) is 0 Å². The van der Waals surface area contributed by atoms with Crippen molar-refractivity contribution in [2.24, 2.45) is 11.8 Å². The number of nitrogens with zero attached hydrogens (tertiary/aromatic N) is 3. The third-order valence-corrected chi connectivity index (χ3v) is 15.4. The second-order valence-electron chi connectivity index (χ2n) is 18.2. The summed E-state index contributed by atoms with van der Waals surface area (Å²) in [5.74, 6) is 2.91. The second-order valence-corrected chi connectivity index (χ2v) is 19.3. The molecule has 3 heterocycles. The van der Waals surface area contributed by atoms with Gasteiger partial charge in [-0.3, -0.25) is 0 Å². The van der Waals surface area contributed by atoms with Gasteiger partial charge in [0, 0.05) is 53.6 Å². The molecule has 2 aliphatic rings. The van der Waals surface area contributed by atoms with Crippen LogP contribution < -0.4 is 0 Å². The molecule has 14 rings (SSSR count). The van der Waals surface area contributed by atoms with Gasteiger partial charge in [-0.05, 0) is 122 Å². The molecular formula is C63H41N3OS. The zero-order valence-electron chi connectivity index (χ0n) is 36.9. The van der Waals surface area contributed by atoms with E-state index in [1.807, 2.05) is 11.3 Å². The molecular weight excluding hydrogens is 847 g/mol. The summed E-state index contributed by atoms with van der Waals surface area (Å²) in [6, 6.07) is 65.5. The van der Waals surface area contributed by atoms with Gasteiger partial charge in [0.15, 0.2) is 17.5 Å². The number of thiophene rings is 1. The van der Waals surface area contributed by atoms with Crippen LogP contribution in [0, 0.1) is 11.8 Å². The minimum atomic E-state index is 0.325. The van der Waals surface area contributed by atoms with Gasteiger partial charge < -0.3 is 4.42 Å². The maximum Gasteiger partial charge on any atom is 0.164 e. The van der Waals surface area contributed by atoms with Crippen LogP contribution in [0.1, 0.15) is 18.7 Å². The number of hydrogen-bond donors (Lipinski definition) is 0. The lowest BCUT2D eigenvalue weighted by Crippen LogP contribution is -2.16. The van der Waals surface area contributed by atoms with E-state index in [0.717, 1.165) is 84.8 Å². The highest BCUT2D eigenvalue weighted by atomic mass is 32.1. The number of benzene rings is 9. The molecule has 2 atom stereocenters. The van der Waals surface area contributed by atoms with Crippen LogP contribution >= 0.6 is 11.3 Å². The van der Waals surface area contributed by atoms with Crippen LogP contribution in [0.4, 0.5) is 0 Å². The lowest BCUT2D eigenvalue weighted by atomic mass is 9.78. The molecule has 5 heteroatoms. The smallest absolute Gasteiger partial charge is 0.164 e. The summed E-state index contributed by atoms with van der Waals surface area (Å²) in [6.07, 6.45) is 13.3. The third-order valence-electron chi connectivity index (χ3n) is 14.2. The van der Waals surface area contributed by atoms with E-state index in [2.05, 4.69) is 212 Å². The van der Waals surface area contributed by atoms with E-state index in [-0.39, 0.29) is 0 Å². The predicted octanol–water partition coefficient (Wildman–Crippen LogP) is 17.3. The molecule has 12 aromatic rings. The van der Waals surface area contributed by atoms with Crippen molar-refractivity contribution in [2.75, 3.05) is 0 Å². The number of fused-ring (bicyclic) bond motifs is 9. The second kappa shape index (κ2) is 15.7. The average Bonchev–Trinajstić information content (AvgIpc) is 3.99. The Bertz CT molecular complexity index is 4110. The molecule has 68 heavy (non-hydrogen) atoms. The first kappa shape index (κ1) is 39.0. The number of para-hydroxylation sites is 1. The number of allylic oxidation sites excluding steroid dienone is 6. The Kier molecular flexibility index (Phi) is 8.99. The largest absolute Gasteiger partial charge is 0.455 e. The first-order chi connectivity index (χ1) is 33.7. The maximum atomic E-state index is 6.89. The molecule has 0 N–H and O–H groups in total. The van der Waals surface area contributed by atoms with E-state index in [1.165, 1.54) is 47.6 Å². The Morgan fingerprint density at radius 2 is 1.09 bits per heavy atom. The molecule has 0 saturated carbocycles. The normalized spacial score (nSPS) is 15.8. The number of hydrogen-bond acceptors (Lipinski definition) is 5. The molecule has 0 bridgehead atoms. The highest BCUT2D eigenvalue weighted by molar-refractivity contribution is 7.25. The lowest BCUT2D eigenvalue weighted by Gasteiger charge is -2.27. The number of furan rings is 1. The van der Waals surface area contributed by atoms with Gasteiger partial charge >= 0.3 is 0 Å². The monoisotopic (exact) mass is 887 g/mol. The van der Waals surface area contributed by atoms with Gasteiger partial charge in [0.2, 0.25) is 0 Å². The average molecular weight is 888 g/mol. The fraction of sp³-hybridized carbons (Fsp3) is 0.0635. The van der Waals surface area contributed by atoms with E-state index in [1.54, 1.807) is 0 Å². The topological polar surface area (TPSA) is 51.8 Å². The van der Waals surface area contributed by atoms with Crippen LogP contribution in [0.25, 0.3) is 125 Å². The maximum absolute atomic E-state index is 6.89. The van der Waals surface area contributed by atoms with E-state index < -0.39 is 0 Å². The Morgan fingerprint density at radius 1 is 0.441 bits per heavy atom. The minimum absolute atomic E-state index is 0.325. The zero-order chi connectivity index (χ0) is 44.7. The molecule has 0 spiro atoms. The lowest BCUT2D eigenvalue weighted by molar-refractivity contribution is 0.497. The Hall–Kier alpha value is -8.25. The zero-order valence-corrected chi connectivity index (χ0v) is 37.8. The number of aromatic nitrogens is 3. The van der Waals surface area contributed by atoms with Gasteiger partial charge in [-0.15, -0.1) is 11.3 Å². The molecule has 0 radical (unpaired) electrons. The fourth-order valence-corrected chi connectivity index (χ4v) is 11.9. The van der Waals surface area contributed by atoms with E-state index in [0.29, 0.717) is 23.5 Å². The Labute approximate surface area is 396 Å². The molecule has 0 amide bonds. The van der Waals surface area contributed by atoms with Gasteiger partial charge in [-0.25, -0.2) is 15.0 Å². The summed E-state index contributed by atoms with van der Waals surface area (Å²) in [7, 11) is 0. The summed E-state index contributed by atoms with van der Waals surface area (Å²) < 4.78 is 9.42. The highest BCUT2D eigenvalue weighted by Crippen LogP contribution is 2.46. The summed E-state index contributed by atoms with van der Waals surface area (Å²) in [4.78, 5) is 16.1. The Balaban J connectivity index is 0.946. The van der Waals surface area contributed by atoms with E-state index in [9.17, 15) is 0 Å². The molecule has 0 aliphatic heterocycles. The summed E-state index contributed by atoms with van der Waals surface area (Å²) in [6.45, 7) is 0. The molecule has 4 nitrogen and oxygen atoms in total. The minimum Gasteiger partial charge on any atom is -0.455 e. The van der Waals surface area contributed by atoms with Crippen molar-refractivity contribution < 1.29 is 4.42 Å². The first-order valence-corrected chi connectivity index (χ1v) is 24.3. The van der Waals surface area contributed by atoms with Crippen molar-refractivity contribution in [1.82, 2.24) is 15.0 Å². The molecule has 2 aliphatic carbocycles. The van der Waals surface area contributed by atoms with Crippen molar-refractivity contribution in [3.05, 3.63) is 218 Å². The van der Waals surface area contributed by atoms with Crippen LogP contribution in [0.3, 0.4) is 0 Å². The molecule has 9 aromatic carbocycles. The number of rotatable bonds is 6. The van der Waals surface area contributed by atoms with Gasteiger partial charge in [0.25, 0.3) is 0 Å². The quantitative estimate of drug-likeness (QED) is 0.167. The predicted molar refractivity (Wildman–Crippen MR) is 285 cm³/mol. The molecule has 0 fully saturated rings. The summed E-state index contributed by atoms with van der Waals surface area (Å²) >= 11 is 1.82. The van der Waals surface area contributed by atoms with Crippen molar-refractivity contribution in [2.45, 2.75) is 12.8 Å².